The Morgan fingerprint density at radius 2 is 0.843 bits per heavy atom. The summed E-state index contributed by atoms with van der Waals surface area (Å²) < 4.78 is 32.7. The fraction of sp³-hybridized carbons (Fsp3) is 0.951. The lowest BCUT2D eigenvalue weighted by molar-refractivity contribution is -0.161. The van der Waals surface area contributed by atoms with Crippen molar-refractivity contribution in [3.8, 4) is 0 Å². The predicted molar refractivity (Wildman–Crippen MR) is 211 cm³/mol. The van der Waals surface area contributed by atoms with E-state index in [-0.39, 0.29) is 38.6 Å². The molecule has 0 heterocycles. The lowest BCUT2D eigenvalue weighted by Crippen LogP contribution is -2.29. The van der Waals surface area contributed by atoms with Crippen LogP contribution >= 0.6 is 7.82 Å². The first kappa shape index (κ1) is 50.0. The Labute approximate surface area is 314 Å². The summed E-state index contributed by atoms with van der Waals surface area (Å²) in [6, 6.07) is 0. The van der Waals surface area contributed by atoms with E-state index in [4.69, 9.17) is 24.3 Å². The SMILES string of the molecule is CCCCCCCCCCCCCCCCCCCCCCCCC(=O)OC(COC(=O)CCCCCCCCCC)COP(=O)(O)OCCN. The second-order valence-electron chi connectivity index (χ2n) is 14.6. The van der Waals surface area contributed by atoms with Crippen LogP contribution in [0.4, 0.5) is 0 Å². The van der Waals surface area contributed by atoms with Crippen LogP contribution in [0.3, 0.4) is 0 Å². The van der Waals surface area contributed by atoms with E-state index in [2.05, 4.69) is 13.8 Å². The minimum atomic E-state index is -4.36. The zero-order valence-corrected chi connectivity index (χ0v) is 34.3. The molecule has 0 aromatic heterocycles. The Morgan fingerprint density at radius 1 is 0.510 bits per heavy atom. The first-order valence-corrected chi connectivity index (χ1v) is 23.0. The molecule has 2 unspecified atom stereocenters. The monoisotopic (exact) mass is 748 g/mol. The molecule has 0 bridgehead atoms. The van der Waals surface area contributed by atoms with E-state index in [0.29, 0.717) is 6.42 Å². The lowest BCUT2D eigenvalue weighted by Gasteiger charge is -2.19. The number of rotatable bonds is 41. The zero-order valence-electron chi connectivity index (χ0n) is 33.4. The molecule has 3 N–H and O–H groups in total. The summed E-state index contributed by atoms with van der Waals surface area (Å²) in [6.07, 6.45) is 37.3. The van der Waals surface area contributed by atoms with Crippen LogP contribution in [0.1, 0.15) is 219 Å². The van der Waals surface area contributed by atoms with Gasteiger partial charge in [-0.3, -0.25) is 18.6 Å². The van der Waals surface area contributed by atoms with Crippen molar-refractivity contribution >= 4 is 19.8 Å². The Morgan fingerprint density at radius 3 is 1.20 bits per heavy atom. The van der Waals surface area contributed by atoms with Gasteiger partial charge in [0.05, 0.1) is 13.2 Å². The molecular formula is C41H82NO8P. The number of phosphoric ester groups is 1. The van der Waals surface area contributed by atoms with Gasteiger partial charge in [0.1, 0.15) is 6.61 Å². The molecule has 0 aliphatic heterocycles. The Balaban J connectivity index is 3.96. The van der Waals surface area contributed by atoms with Gasteiger partial charge in [-0.15, -0.1) is 0 Å². The molecule has 0 fully saturated rings. The normalized spacial score (nSPS) is 13.3. The fourth-order valence-electron chi connectivity index (χ4n) is 6.28. The largest absolute Gasteiger partial charge is 0.472 e. The van der Waals surface area contributed by atoms with E-state index in [1.165, 1.54) is 154 Å². The van der Waals surface area contributed by atoms with Crippen LogP contribution in [-0.2, 0) is 32.7 Å². The van der Waals surface area contributed by atoms with E-state index in [0.717, 1.165) is 32.1 Å². The maximum Gasteiger partial charge on any atom is 0.472 e. The van der Waals surface area contributed by atoms with Gasteiger partial charge in [0.2, 0.25) is 0 Å². The molecule has 0 aromatic carbocycles. The van der Waals surface area contributed by atoms with E-state index >= 15 is 0 Å². The second-order valence-corrected chi connectivity index (χ2v) is 16.0. The van der Waals surface area contributed by atoms with Gasteiger partial charge in [0, 0.05) is 19.4 Å². The summed E-state index contributed by atoms with van der Waals surface area (Å²) >= 11 is 0. The maximum atomic E-state index is 12.5. The fourth-order valence-corrected chi connectivity index (χ4v) is 7.05. The lowest BCUT2D eigenvalue weighted by atomic mass is 10.0. The topological polar surface area (TPSA) is 134 Å². The molecule has 0 aromatic rings. The molecule has 0 spiro atoms. The molecule has 9 nitrogen and oxygen atoms in total. The highest BCUT2D eigenvalue weighted by molar-refractivity contribution is 7.47. The molecule has 10 heteroatoms. The van der Waals surface area contributed by atoms with Crippen molar-refractivity contribution in [2.75, 3.05) is 26.4 Å². The van der Waals surface area contributed by atoms with E-state index in [9.17, 15) is 19.0 Å². The number of hydrogen-bond donors (Lipinski definition) is 2. The third kappa shape index (κ3) is 38.5. The van der Waals surface area contributed by atoms with Crippen molar-refractivity contribution in [1.82, 2.24) is 0 Å². The number of phosphoric acid groups is 1. The highest BCUT2D eigenvalue weighted by Gasteiger charge is 2.26. The van der Waals surface area contributed by atoms with Crippen molar-refractivity contribution in [2.45, 2.75) is 225 Å². The summed E-state index contributed by atoms with van der Waals surface area (Å²) in [5.74, 6) is -0.820. The summed E-state index contributed by atoms with van der Waals surface area (Å²) in [7, 11) is -4.36. The molecule has 2 atom stereocenters. The van der Waals surface area contributed by atoms with Crippen LogP contribution < -0.4 is 5.73 Å². The molecule has 0 rings (SSSR count). The smallest absolute Gasteiger partial charge is 0.462 e. The summed E-state index contributed by atoms with van der Waals surface area (Å²) in [5, 5.41) is 0. The van der Waals surface area contributed by atoms with Crippen LogP contribution in [0.5, 0.6) is 0 Å². The van der Waals surface area contributed by atoms with E-state index in [1.807, 2.05) is 0 Å². The minimum absolute atomic E-state index is 0.0578. The quantitative estimate of drug-likeness (QED) is 0.0356. The third-order valence-electron chi connectivity index (χ3n) is 9.49. The first-order chi connectivity index (χ1) is 24.8. The molecule has 0 aliphatic rings. The summed E-state index contributed by atoms with van der Waals surface area (Å²) in [6.45, 7) is 3.73. The van der Waals surface area contributed by atoms with E-state index < -0.39 is 26.5 Å². The molecule has 0 saturated carbocycles. The number of carbonyl (C=O) groups excluding carboxylic acids is 2. The molecule has 0 aliphatic carbocycles. The van der Waals surface area contributed by atoms with Gasteiger partial charge < -0.3 is 20.1 Å². The third-order valence-corrected chi connectivity index (χ3v) is 10.5. The van der Waals surface area contributed by atoms with Gasteiger partial charge in [-0.1, -0.05) is 194 Å². The standard InChI is InChI=1S/C41H82NO8P/c1-3-5-7-9-11-13-14-15-16-17-18-19-20-21-22-23-24-25-26-28-30-32-34-41(44)50-39(38-49-51(45,46)48-36-35-42)37-47-40(43)33-31-29-27-12-10-8-6-4-2/h39H,3-38,42H2,1-2H3,(H,45,46). The number of esters is 2. The van der Waals surface area contributed by atoms with Crippen LogP contribution in [-0.4, -0.2) is 49.3 Å². The molecule has 0 saturated heterocycles. The number of ether oxygens (including phenoxy) is 2. The summed E-state index contributed by atoms with van der Waals surface area (Å²) in [4.78, 5) is 34.7. The first-order valence-electron chi connectivity index (χ1n) is 21.5. The van der Waals surface area contributed by atoms with Gasteiger partial charge in [-0.25, -0.2) is 4.57 Å². The van der Waals surface area contributed by atoms with Gasteiger partial charge in [-0.05, 0) is 12.8 Å². The van der Waals surface area contributed by atoms with Crippen molar-refractivity contribution in [2.24, 2.45) is 5.73 Å². The van der Waals surface area contributed by atoms with Gasteiger partial charge in [0.15, 0.2) is 6.10 Å². The Hall–Kier alpha value is -0.990. The van der Waals surface area contributed by atoms with Crippen LogP contribution in [0.25, 0.3) is 0 Å². The highest BCUT2D eigenvalue weighted by Crippen LogP contribution is 2.43. The maximum absolute atomic E-state index is 12.5. The predicted octanol–water partition coefficient (Wildman–Crippen LogP) is 12.1. The summed E-state index contributed by atoms with van der Waals surface area (Å²) in [5.41, 5.74) is 5.33. The molecule has 304 valence electrons. The van der Waals surface area contributed by atoms with Gasteiger partial charge in [-0.2, -0.15) is 0 Å². The zero-order chi connectivity index (χ0) is 37.5. The number of hydrogen-bond acceptors (Lipinski definition) is 8. The molecule has 0 amide bonds. The van der Waals surface area contributed by atoms with Crippen LogP contribution in [0.2, 0.25) is 0 Å². The average Bonchev–Trinajstić information content (AvgIpc) is 3.11. The van der Waals surface area contributed by atoms with Crippen molar-refractivity contribution < 1.29 is 37.6 Å². The Kier molecular flexibility index (Phi) is 38.0. The second kappa shape index (κ2) is 38.7. The van der Waals surface area contributed by atoms with Gasteiger partial charge >= 0.3 is 19.8 Å². The van der Waals surface area contributed by atoms with Crippen molar-refractivity contribution in [3.63, 3.8) is 0 Å². The minimum Gasteiger partial charge on any atom is -0.462 e. The van der Waals surface area contributed by atoms with Crippen LogP contribution in [0, 0.1) is 0 Å². The van der Waals surface area contributed by atoms with Crippen LogP contribution in [0.15, 0.2) is 0 Å². The van der Waals surface area contributed by atoms with Crippen molar-refractivity contribution in [1.29, 1.82) is 0 Å². The number of carbonyl (C=O) groups is 2. The Bertz CT molecular complexity index is 815. The highest BCUT2D eigenvalue weighted by atomic mass is 31.2. The number of unbranched alkanes of at least 4 members (excludes halogenated alkanes) is 28. The molecular weight excluding hydrogens is 665 g/mol. The van der Waals surface area contributed by atoms with E-state index in [1.54, 1.807) is 0 Å². The van der Waals surface area contributed by atoms with Crippen molar-refractivity contribution in [3.05, 3.63) is 0 Å². The molecule has 0 radical (unpaired) electrons. The average molecular weight is 748 g/mol. The van der Waals surface area contributed by atoms with Gasteiger partial charge in [0.25, 0.3) is 0 Å². The number of nitrogens with two attached hydrogens (primary N) is 1. The molecule has 51 heavy (non-hydrogen) atoms.